The Kier molecular flexibility index (Phi) is 5.31. The first-order valence-electron chi connectivity index (χ1n) is 7.46. The van der Waals surface area contributed by atoms with Crippen LogP contribution < -0.4 is 5.32 Å². The van der Waals surface area contributed by atoms with Crippen LogP contribution in [0.1, 0.15) is 25.7 Å². The molecule has 0 radical (unpaired) electrons. The fraction of sp³-hybridized carbons (Fsp3) is 1.00. The standard InChI is InChI=1S/C14H27N3.ClH/c1-16-8-4-13-5-9-17(14(13)11-16)10-12-2-6-15-7-3-12;/h12-15H,2-11H2,1H3;1H. The lowest BCUT2D eigenvalue weighted by Crippen LogP contribution is -2.48. The number of hydrogen-bond donors (Lipinski definition) is 1. The highest BCUT2D eigenvalue weighted by molar-refractivity contribution is 5.85. The Morgan fingerprint density at radius 2 is 1.78 bits per heavy atom. The van der Waals surface area contributed by atoms with Gasteiger partial charge in [-0.05, 0) is 70.7 Å². The van der Waals surface area contributed by atoms with Crippen LogP contribution in [0.4, 0.5) is 0 Å². The summed E-state index contributed by atoms with van der Waals surface area (Å²) in [6, 6.07) is 0.878. The van der Waals surface area contributed by atoms with Crippen molar-refractivity contribution >= 4 is 12.4 Å². The normalized spacial score (nSPS) is 35.2. The molecule has 3 aliphatic heterocycles. The van der Waals surface area contributed by atoms with Crippen LogP contribution in [0.5, 0.6) is 0 Å². The summed E-state index contributed by atoms with van der Waals surface area (Å²) in [7, 11) is 2.29. The predicted octanol–water partition coefficient (Wildman–Crippen LogP) is 1.43. The largest absolute Gasteiger partial charge is 0.317 e. The van der Waals surface area contributed by atoms with E-state index in [-0.39, 0.29) is 12.4 Å². The zero-order chi connectivity index (χ0) is 11.7. The molecule has 0 amide bonds. The number of hydrogen-bond acceptors (Lipinski definition) is 3. The number of likely N-dealkylation sites (N-methyl/N-ethyl adjacent to an activating group) is 1. The van der Waals surface area contributed by atoms with Crippen molar-refractivity contribution in [1.82, 2.24) is 15.1 Å². The molecule has 2 unspecified atom stereocenters. The monoisotopic (exact) mass is 273 g/mol. The number of piperidine rings is 2. The zero-order valence-corrected chi connectivity index (χ0v) is 12.4. The van der Waals surface area contributed by atoms with Gasteiger partial charge in [0.2, 0.25) is 0 Å². The van der Waals surface area contributed by atoms with Crippen molar-refractivity contribution in [2.24, 2.45) is 11.8 Å². The third-order valence-corrected chi connectivity index (χ3v) is 5.13. The number of nitrogens with one attached hydrogen (secondary N) is 1. The van der Waals surface area contributed by atoms with Gasteiger partial charge in [0.05, 0.1) is 0 Å². The van der Waals surface area contributed by atoms with Crippen molar-refractivity contribution in [3.05, 3.63) is 0 Å². The highest BCUT2D eigenvalue weighted by atomic mass is 35.5. The molecular weight excluding hydrogens is 246 g/mol. The lowest BCUT2D eigenvalue weighted by molar-refractivity contribution is 0.105. The fourth-order valence-corrected chi connectivity index (χ4v) is 4.01. The molecule has 2 atom stereocenters. The van der Waals surface area contributed by atoms with E-state index in [2.05, 4.69) is 22.2 Å². The molecule has 0 aromatic carbocycles. The Morgan fingerprint density at radius 1 is 1.06 bits per heavy atom. The molecule has 4 heteroatoms. The van der Waals surface area contributed by atoms with Gasteiger partial charge in [0, 0.05) is 19.1 Å². The van der Waals surface area contributed by atoms with Crippen LogP contribution in [-0.4, -0.2) is 62.2 Å². The highest BCUT2D eigenvalue weighted by Gasteiger charge is 2.37. The minimum absolute atomic E-state index is 0. The van der Waals surface area contributed by atoms with Crippen LogP contribution in [-0.2, 0) is 0 Å². The molecule has 3 fully saturated rings. The summed E-state index contributed by atoms with van der Waals surface area (Å²) in [6.45, 7) is 7.86. The van der Waals surface area contributed by atoms with Crippen LogP contribution in [0, 0.1) is 11.8 Å². The Morgan fingerprint density at radius 3 is 2.56 bits per heavy atom. The van der Waals surface area contributed by atoms with Crippen molar-refractivity contribution in [3.8, 4) is 0 Å². The molecule has 3 saturated heterocycles. The molecule has 0 spiro atoms. The van der Waals surface area contributed by atoms with Crippen molar-refractivity contribution in [2.75, 3.05) is 46.3 Å². The Hall–Kier alpha value is 0.170. The van der Waals surface area contributed by atoms with E-state index in [0.29, 0.717) is 0 Å². The van der Waals surface area contributed by atoms with Crippen molar-refractivity contribution in [2.45, 2.75) is 31.7 Å². The Bertz CT molecular complexity index is 255. The van der Waals surface area contributed by atoms with Gasteiger partial charge in [-0.15, -0.1) is 12.4 Å². The van der Waals surface area contributed by atoms with Gasteiger partial charge in [-0.3, -0.25) is 4.90 Å². The molecule has 3 aliphatic rings. The van der Waals surface area contributed by atoms with Crippen LogP contribution in [0.25, 0.3) is 0 Å². The molecule has 3 heterocycles. The van der Waals surface area contributed by atoms with Gasteiger partial charge >= 0.3 is 0 Å². The average Bonchev–Trinajstić information content (AvgIpc) is 2.73. The molecule has 0 aliphatic carbocycles. The molecular formula is C14H28ClN3. The molecule has 1 N–H and O–H groups in total. The maximum Gasteiger partial charge on any atom is 0.0252 e. The second-order valence-electron chi connectivity index (χ2n) is 6.36. The first-order valence-corrected chi connectivity index (χ1v) is 7.46. The van der Waals surface area contributed by atoms with Gasteiger partial charge in [0.1, 0.15) is 0 Å². The average molecular weight is 274 g/mol. The molecule has 0 saturated carbocycles. The van der Waals surface area contributed by atoms with E-state index >= 15 is 0 Å². The second kappa shape index (κ2) is 6.56. The fourth-order valence-electron chi connectivity index (χ4n) is 4.01. The number of rotatable bonds is 2. The van der Waals surface area contributed by atoms with E-state index in [1.54, 1.807) is 0 Å². The molecule has 0 aromatic heterocycles. The summed E-state index contributed by atoms with van der Waals surface area (Å²) in [5.74, 6) is 1.97. The van der Waals surface area contributed by atoms with Gasteiger partial charge < -0.3 is 10.2 Å². The molecule has 0 aromatic rings. The molecule has 3 nitrogen and oxygen atoms in total. The van der Waals surface area contributed by atoms with Gasteiger partial charge in [-0.2, -0.15) is 0 Å². The maximum absolute atomic E-state index is 3.48. The van der Waals surface area contributed by atoms with Crippen molar-refractivity contribution < 1.29 is 0 Å². The summed E-state index contributed by atoms with van der Waals surface area (Å²) in [5, 5.41) is 3.48. The van der Waals surface area contributed by atoms with Crippen LogP contribution in [0.15, 0.2) is 0 Å². The van der Waals surface area contributed by atoms with E-state index in [4.69, 9.17) is 0 Å². The maximum atomic E-state index is 3.48. The minimum atomic E-state index is 0. The number of likely N-dealkylation sites (tertiary alicyclic amines) is 2. The van der Waals surface area contributed by atoms with Gasteiger partial charge in [0.15, 0.2) is 0 Å². The highest BCUT2D eigenvalue weighted by Crippen LogP contribution is 2.32. The smallest absolute Gasteiger partial charge is 0.0252 e. The third-order valence-electron chi connectivity index (χ3n) is 5.13. The predicted molar refractivity (Wildman–Crippen MR) is 78.4 cm³/mol. The second-order valence-corrected chi connectivity index (χ2v) is 6.36. The molecule has 0 bridgehead atoms. The van der Waals surface area contributed by atoms with Gasteiger partial charge in [-0.1, -0.05) is 0 Å². The number of fused-ring (bicyclic) bond motifs is 1. The summed E-state index contributed by atoms with van der Waals surface area (Å²) in [5.41, 5.74) is 0. The number of halogens is 1. The van der Waals surface area contributed by atoms with E-state index < -0.39 is 0 Å². The first kappa shape index (κ1) is 14.6. The summed E-state index contributed by atoms with van der Waals surface area (Å²) in [4.78, 5) is 5.35. The first-order chi connectivity index (χ1) is 8.33. The molecule has 18 heavy (non-hydrogen) atoms. The number of nitrogens with zero attached hydrogens (tertiary/aromatic N) is 2. The lowest BCUT2D eigenvalue weighted by atomic mass is 9.91. The van der Waals surface area contributed by atoms with Crippen LogP contribution >= 0.6 is 12.4 Å². The van der Waals surface area contributed by atoms with E-state index in [1.807, 2.05) is 0 Å². The molecule has 3 rings (SSSR count). The van der Waals surface area contributed by atoms with E-state index in [9.17, 15) is 0 Å². The van der Waals surface area contributed by atoms with E-state index in [1.165, 1.54) is 65.0 Å². The summed E-state index contributed by atoms with van der Waals surface area (Å²) in [6.07, 6.45) is 5.68. The lowest BCUT2D eigenvalue weighted by Gasteiger charge is -2.38. The SMILES string of the molecule is CN1CCC2CCN(CC3CCNCC3)C2C1.Cl. The zero-order valence-electron chi connectivity index (χ0n) is 11.6. The summed E-state index contributed by atoms with van der Waals surface area (Å²) >= 11 is 0. The Labute approximate surface area is 118 Å². The topological polar surface area (TPSA) is 18.5 Å². The van der Waals surface area contributed by atoms with Crippen molar-refractivity contribution in [3.63, 3.8) is 0 Å². The van der Waals surface area contributed by atoms with Gasteiger partial charge in [-0.25, -0.2) is 0 Å². The Balaban J connectivity index is 0.00000120. The van der Waals surface area contributed by atoms with Crippen LogP contribution in [0.3, 0.4) is 0 Å². The summed E-state index contributed by atoms with van der Waals surface area (Å²) < 4.78 is 0. The van der Waals surface area contributed by atoms with Gasteiger partial charge in [0.25, 0.3) is 0 Å². The third kappa shape index (κ3) is 3.19. The molecule has 106 valence electrons. The van der Waals surface area contributed by atoms with Crippen LogP contribution in [0.2, 0.25) is 0 Å². The van der Waals surface area contributed by atoms with E-state index in [0.717, 1.165) is 17.9 Å². The quantitative estimate of drug-likeness (QED) is 0.821. The minimum Gasteiger partial charge on any atom is -0.317 e. The van der Waals surface area contributed by atoms with Crippen molar-refractivity contribution in [1.29, 1.82) is 0 Å².